The van der Waals surface area contributed by atoms with Crippen molar-refractivity contribution in [3.63, 3.8) is 0 Å². The molecule has 1 nitrogen and oxygen atoms in total. The van der Waals surface area contributed by atoms with Crippen LogP contribution in [0.3, 0.4) is 0 Å². The molecule has 0 spiro atoms. The molecule has 0 radical (unpaired) electrons. The largest absolute Gasteiger partial charge is 0.309 e. The fourth-order valence-corrected chi connectivity index (χ4v) is 6.23. The van der Waals surface area contributed by atoms with Gasteiger partial charge in [-0.05, 0) is 41.5 Å². The maximum absolute atomic E-state index is 2.39. The van der Waals surface area contributed by atoms with Crippen LogP contribution in [0.2, 0.25) is 0 Å². The van der Waals surface area contributed by atoms with E-state index in [1.807, 2.05) is 11.3 Å². The van der Waals surface area contributed by atoms with Crippen LogP contribution < -0.4 is 0 Å². The molecule has 7 aromatic rings. The van der Waals surface area contributed by atoms with Crippen LogP contribution in [0.4, 0.5) is 0 Å². The van der Waals surface area contributed by atoms with Crippen LogP contribution in [0.25, 0.3) is 58.8 Å². The van der Waals surface area contributed by atoms with Crippen molar-refractivity contribution in [3.8, 4) is 16.8 Å². The molecular formula is C30H19NS. The molecule has 0 atom stereocenters. The van der Waals surface area contributed by atoms with Crippen molar-refractivity contribution in [2.75, 3.05) is 0 Å². The van der Waals surface area contributed by atoms with E-state index < -0.39 is 0 Å². The number of aromatic nitrogens is 1. The molecule has 0 unspecified atom stereocenters. The Bertz CT molecular complexity index is 1730. The van der Waals surface area contributed by atoms with E-state index in [4.69, 9.17) is 0 Å². The van der Waals surface area contributed by atoms with Crippen LogP contribution in [0.1, 0.15) is 0 Å². The second-order valence-corrected chi connectivity index (χ2v) is 9.25. The maximum atomic E-state index is 2.39. The number of hydrogen-bond acceptors (Lipinski definition) is 1. The lowest BCUT2D eigenvalue weighted by atomic mass is 10.0. The Balaban J connectivity index is 1.50. The van der Waals surface area contributed by atoms with Crippen LogP contribution in [0.15, 0.2) is 115 Å². The molecule has 0 fully saturated rings. The number of para-hydroxylation sites is 2. The first-order chi connectivity index (χ1) is 15.9. The molecule has 0 saturated carbocycles. The summed E-state index contributed by atoms with van der Waals surface area (Å²) in [6.45, 7) is 0. The third-order valence-electron chi connectivity index (χ3n) is 6.40. The smallest absolute Gasteiger partial charge is 0.0541 e. The highest BCUT2D eigenvalue weighted by molar-refractivity contribution is 7.26. The molecule has 0 bridgehead atoms. The van der Waals surface area contributed by atoms with E-state index in [9.17, 15) is 0 Å². The number of nitrogens with zero attached hydrogens (tertiary/aromatic N) is 1. The Labute approximate surface area is 189 Å². The average molecular weight is 426 g/mol. The first-order valence-electron chi connectivity index (χ1n) is 10.9. The Morgan fingerprint density at radius 3 is 1.91 bits per heavy atom. The Kier molecular flexibility index (Phi) is 3.78. The third kappa shape index (κ3) is 2.50. The van der Waals surface area contributed by atoms with Crippen molar-refractivity contribution in [1.29, 1.82) is 0 Å². The van der Waals surface area contributed by atoms with Crippen LogP contribution in [-0.2, 0) is 0 Å². The molecule has 32 heavy (non-hydrogen) atoms. The Morgan fingerprint density at radius 2 is 1.12 bits per heavy atom. The molecule has 0 aliphatic rings. The fourth-order valence-electron chi connectivity index (χ4n) is 4.99. The highest BCUT2D eigenvalue weighted by atomic mass is 32.1. The predicted molar refractivity (Wildman–Crippen MR) is 139 cm³/mol. The van der Waals surface area contributed by atoms with Crippen LogP contribution in [0.5, 0.6) is 0 Å². The predicted octanol–water partition coefficient (Wildman–Crippen LogP) is 8.82. The molecule has 7 rings (SSSR count). The van der Waals surface area contributed by atoms with Gasteiger partial charge in [-0.3, -0.25) is 0 Å². The number of rotatable bonds is 2. The van der Waals surface area contributed by atoms with Gasteiger partial charge in [0.1, 0.15) is 0 Å². The van der Waals surface area contributed by atoms with E-state index in [1.54, 1.807) is 0 Å². The lowest BCUT2D eigenvalue weighted by molar-refractivity contribution is 1.18. The van der Waals surface area contributed by atoms with Gasteiger partial charge in [0, 0.05) is 36.6 Å². The summed E-state index contributed by atoms with van der Waals surface area (Å²) in [5.41, 5.74) is 6.22. The first-order valence-corrected chi connectivity index (χ1v) is 11.7. The molecule has 0 amide bonds. The molecule has 2 heteroatoms. The summed E-state index contributed by atoms with van der Waals surface area (Å²) in [5, 5.41) is 5.26. The lowest BCUT2D eigenvalue weighted by Gasteiger charge is -2.11. The monoisotopic (exact) mass is 425 g/mol. The van der Waals surface area contributed by atoms with Crippen LogP contribution in [-0.4, -0.2) is 4.57 Å². The lowest BCUT2D eigenvalue weighted by Crippen LogP contribution is -1.94. The second-order valence-electron chi connectivity index (χ2n) is 8.20. The van der Waals surface area contributed by atoms with Gasteiger partial charge >= 0.3 is 0 Å². The molecule has 2 aromatic heterocycles. The van der Waals surface area contributed by atoms with Crippen molar-refractivity contribution in [1.82, 2.24) is 4.57 Å². The standard InChI is InChI=1S/C30H19NS/c1-4-16-27-23(11-1)24-12-2-5-17-28(24)31(27)21-10-7-9-20(19-21)22-14-8-15-26-25-13-3-6-18-29(25)32-30(22)26/h1-19H. The summed E-state index contributed by atoms with van der Waals surface area (Å²) < 4.78 is 5.08. The molecular weight excluding hydrogens is 406 g/mol. The van der Waals surface area contributed by atoms with Gasteiger partial charge in [0.15, 0.2) is 0 Å². The zero-order valence-electron chi connectivity index (χ0n) is 17.3. The van der Waals surface area contributed by atoms with Gasteiger partial charge in [-0.25, -0.2) is 0 Å². The van der Waals surface area contributed by atoms with Gasteiger partial charge < -0.3 is 4.57 Å². The topological polar surface area (TPSA) is 4.93 Å². The van der Waals surface area contributed by atoms with Crippen molar-refractivity contribution < 1.29 is 0 Å². The third-order valence-corrected chi connectivity index (χ3v) is 7.62. The zero-order chi connectivity index (χ0) is 21.1. The number of benzene rings is 5. The van der Waals surface area contributed by atoms with Crippen molar-refractivity contribution in [2.24, 2.45) is 0 Å². The van der Waals surface area contributed by atoms with Crippen LogP contribution >= 0.6 is 11.3 Å². The second kappa shape index (κ2) is 6.81. The fraction of sp³-hybridized carbons (Fsp3) is 0. The van der Waals surface area contributed by atoms with E-state index in [1.165, 1.54) is 58.8 Å². The molecule has 0 aliphatic carbocycles. The molecule has 0 N–H and O–H groups in total. The van der Waals surface area contributed by atoms with E-state index in [2.05, 4.69) is 120 Å². The Hall–Kier alpha value is -3.88. The van der Waals surface area contributed by atoms with Crippen LogP contribution in [0, 0.1) is 0 Å². The van der Waals surface area contributed by atoms with Crippen molar-refractivity contribution in [3.05, 3.63) is 115 Å². The van der Waals surface area contributed by atoms with Gasteiger partial charge in [-0.1, -0.05) is 84.9 Å². The molecule has 150 valence electrons. The highest BCUT2D eigenvalue weighted by Crippen LogP contribution is 2.40. The van der Waals surface area contributed by atoms with Gasteiger partial charge in [-0.2, -0.15) is 0 Å². The molecule has 0 aliphatic heterocycles. The van der Waals surface area contributed by atoms with Gasteiger partial charge in [-0.15, -0.1) is 11.3 Å². The number of fused-ring (bicyclic) bond motifs is 6. The molecule has 5 aromatic carbocycles. The summed E-state index contributed by atoms with van der Waals surface area (Å²) in [7, 11) is 0. The average Bonchev–Trinajstić information content (AvgIpc) is 3.40. The summed E-state index contributed by atoms with van der Waals surface area (Å²) >= 11 is 1.88. The first kappa shape index (κ1) is 17.8. The number of hydrogen-bond donors (Lipinski definition) is 0. The van der Waals surface area contributed by atoms with Crippen molar-refractivity contribution >= 4 is 53.3 Å². The maximum Gasteiger partial charge on any atom is 0.0541 e. The number of thiophene rings is 1. The van der Waals surface area contributed by atoms with Crippen molar-refractivity contribution in [2.45, 2.75) is 0 Å². The normalized spacial score (nSPS) is 11.8. The minimum Gasteiger partial charge on any atom is -0.309 e. The summed E-state index contributed by atoms with van der Waals surface area (Å²) in [6, 6.07) is 41.7. The quantitative estimate of drug-likeness (QED) is 0.261. The summed E-state index contributed by atoms with van der Waals surface area (Å²) in [4.78, 5) is 0. The van der Waals surface area contributed by atoms with Gasteiger partial charge in [0.25, 0.3) is 0 Å². The summed E-state index contributed by atoms with van der Waals surface area (Å²) in [6.07, 6.45) is 0. The molecule has 2 heterocycles. The van der Waals surface area contributed by atoms with E-state index >= 15 is 0 Å². The van der Waals surface area contributed by atoms with Gasteiger partial charge in [0.05, 0.1) is 11.0 Å². The van der Waals surface area contributed by atoms with E-state index in [0.717, 1.165) is 0 Å². The SMILES string of the molecule is c1cc(-c2cccc3c2sc2ccccc23)cc(-n2c3ccccc3c3ccccc32)c1. The van der Waals surface area contributed by atoms with Gasteiger partial charge in [0.2, 0.25) is 0 Å². The highest BCUT2D eigenvalue weighted by Gasteiger charge is 2.14. The summed E-state index contributed by atoms with van der Waals surface area (Å²) in [5.74, 6) is 0. The minimum atomic E-state index is 1.19. The minimum absolute atomic E-state index is 1.19. The zero-order valence-corrected chi connectivity index (χ0v) is 18.1. The molecule has 0 saturated heterocycles. The Morgan fingerprint density at radius 1 is 0.500 bits per heavy atom. The van der Waals surface area contributed by atoms with E-state index in [0.29, 0.717) is 0 Å². The van der Waals surface area contributed by atoms with E-state index in [-0.39, 0.29) is 0 Å².